The van der Waals surface area contributed by atoms with Crippen LogP contribution >= 0.6 is 23.6 Å². The predicted molar refractivity (Wildman–Crippen MR) is 112 cm³/mol. The van der Waals surface area contributed by atoms with E-state index in [9.17, 15) is 0 Å². The summed E-state index contributed by atoms with van der Waals surface area (Å²) in [5, 5.41) is 1.30. The van der Waals surface area contributed by atoms with Crippen molar-refractivity contribution in [3.05, 3.63) is 75.9 Å². The minimum atomic E-state index is 0.626. The molecule has 26 heavy (non-hydrogen) atoms. The van der Waals surface area contributed by atoms with Crippen molar-refractivity contribution in [1.82, 2.24) is 9.55 Å². The molecule has 0 saturated carbocycles. The Balaban J connectivity index is 1.95. The first-order valence-corrected chi connectivity index (χ1v) is 10.2. The summed E-state index contributed by atoms with van der Waals surface area (Å²) >= 11 is 7.58. The third-order valence-corrected chi connectivity index (χ3v) is 6.52. The van der Waals surface area contributed by atoms with Gasteiger partial charge in [-0.25, -0.2) is 4.98 Å². The van der Waals surface area contributed by atoms with Crippen molar-refractivity contribution >= 4 is 33.8 Å². The Kier molecular flexibility index (Phi) is 3.95. The molecule has 0 N–H and O–H groups in total. The smallest absolute Gasteiger partial charge is 0.206 e. The van der Waals surface area contributed by atoms with Crippen LogP contribution < -0.4 is 0 Å². The molecule has 2 aromatic heterocycles. The van der Waals surface area contributed by atoms with Crippen LogP contribution in [0.1, 0.15) is 23.3 Å². The van der Waals surface area contributed by atoms with E-state index in [-0.39, 0.29) is 0 Å². The summed E-state index contributed by atoms with van der Waals surface area (Å²) in [4.78, 5) is 7.43. The van der Waals surface area contributed by atoms with Crippen LogP contribution in [0.5, 0.6) is 0 Å². The van der Waals surface area contributed by atoms with E-state index in [1.165, 1.54) is 46.3 Å². The fraction of sp³-hybridized carbons (Fsp3) is 0.182. The summed E-state index contributed by atoms with van der Waals surface area (Å²) in [7, 11) is 0. The monoisotopic (exact) mass is 374 g/mol. The van der Waals surface area contributed by atoms with Crippen LogP contribution in [-0.4, -0.2) is 9.55 Å². The molecule has 0 amide bonds. The zero-order chi connectivity index (χ0) is 17.5. The van der Waals surface area contributed by atoms with E-state index in [4.69, 9.17) is 17.2 Å². The van der Waals surface area contributed by atoms with Gasteiger partial charge >= 0.3 is 0 Å². The Hall–Kier alpha value is -2.30. The molecular weight excluding hydrogens is 356 g/mol. The molecule has 0 radical (unpaired) electrons. The second kappa shape index (κ2) is 6.45. The molecular formula is C22H18N2S2. The molecule has 1 aliphatic rings. The van der Waals surface area contributed by atoms with Crippen molar-refractivity contribution in [1.29, 1.82) is 0 Å². The van der Waals surface area contributed by atoms with Gasteiger partial charge in [0.2, 0.25) is 4.77 Å². The maximum absolute atomic E-state index is 5.75. The Labute approximate surface area is 161 Å². The summed E-state index contributed by atoms with van der Waals surface area (Å²) in [5.74, 6) is 0. The number of fused-ring (bicyclic) bond motifs is 3. The lowest BCUT2D eigenvalue weighted by molar-refractivity contribution is 0.700. The van der Waals surface area contributed by atoms with Crippen LogP contribution in [0.15, 0.2) is 60.7 Å². The molecule has 0 fully saturated rings. The standard InChI is InChI=1S/C22H18N2S2/c25-22-23-21-19(17-13-7-8-14-18(17)26-21)20(15-9-3-1-4-10-15)24(22)16-11-5-2-6-12-16/h1-6,9-12H,7-8,13-14H2. The molecule has 0 aliphatic heterocycles. The lowest BCUT2D eigenvalue weighted by atomic mass is 9.94. The molecule has 0 spiro atoms. The molecule has 2 nitrogen and oxygen atoms in total. The number of para-hydroxylation sites is 1. The lowest BCUT2D eigenvalue weighted by Gasteiger charge is -2.17. The lowest BCUT2D eigenvalue weighted by Crippen LogP contribution is -2.06. The molecule has 0 bridgehead atoms. The summed E-state index contributed by atoms with van der Waals surface area (Å²) < 4.78 is 2.77. The van der Waals surface area contributed by atoms with Gasteiger partial charge in [0, 0.05) is 16.0 Å². The zero-order valence-electron chi connectivity index (χ0n) is 14.3. The highest BCUT2D eigenvalue weighted by Crippen LogP contribution is 2.41. The van der Waals surface area contributed by atoms with E-state index in [0.29, 0.717) is 4.77 Å². The number of hydrogen-bond donors (Lipinski definition) is 0. The van der Waals surface area contributed by atoms with Crippen molar-refractivity contribution in [3.63, 3.8) is 0 Å². The van der Waals surface area contributed by atoms with Gasteiger partial charge in [-0.05, 0) is 61.2 Å². The van der Waals surface area contributed by atoms with Crippen LogP contribution in [0.4, 0.5) is 0 Å². The van der Waals surface area contributed by atoms with E-state index in [1.807, 2.05) is 17.4 Å². The van der Waals surface area contributed by atoms with Gasteiger partial charge in [0.25, 0.3) is 0 Å². The first-order valence-electron chi connectivity index (χ1n) is 9.01. The number of aryl methyl sites for hydroxylation is 2. The summed E-state index contributed by atoms with van der Waals surface area (Å²) in [6.45, 7) is 0. The first kappa shape index (κ1) is 15.9. The van der Waals surface area contributed by atoms with Gasteiger partial charge in [-0.1, -0.05) is 48.5 Å². The van der Waals surface area contributed by atoms with Gasteiger partial charge in [0.1, 0.15) is 4.83 Å². The molecule has 2 aromatic carbocycles. The highest BCUT2D eigenvalue weighted by atomic mass is 32.1. The van der Waals surface area contributed by atoms with E-state index < -0.39 is 0 Å². The fourth-order valence-electron chi connectivity index (χ4n) is 3.90. The van der Waals surface area contributed by atoms with E-state index in [0.717, 1.165) is 16.9 Å². The van der Waals surface area contributed by atoms with Crippen LogP contribution in [0.2, 0.25) is 0 Å². The normalized spacial score (nSPS) is 13.7. The van der Waals surface area contributed by atoms with Crippen LogP contribution in [-0.2, 0) is 12.8 Å². The van der Waals surface area contributed by atoms with Gasteiger partial charge < -0.3 is 0 Å². The molecule has 1 aliphatic carbocycles. The van der Waals surface area contributed by atoms with Gasteiger partial charge in [-0.2, -0.15) is 0 Å². The Morgan fingerprint density at radius 1 is 0.885 bits per heavy atom. The van der Waals surface area contributed by atoms with Gasteiger partial charge in [0.15, 0.2) is 0 Å². The maximum Gasteiger partial charge on any atom is 0.206 e. The molecule has 2 heterocycles. The highest BCUT2D eigenvalue weighted by molar-refractivity contribution is 7.71. The second-order valence-corrected chi connectivity index (χ2v) is 8.12. The van der Waals surface area contributed by atoms with Crippen molar-refractivity contribution in [2.45, 2.75) is 25.7 Å². The van der Waals surface area contributed by atoms with E-state index in [1.54, 1.807) is 0 Å². The summed E-state index contributed by atoms with van der Waals surface area (Å²) in [6, 6.07) is 21.0. The number of aromatic nitrogens is 2. The Morgan fingerprint density at radius 3 is 2.35 bits per heavy atom. The molecule has 4 heteroatoms. The third kappa shape index (κ3) is 2.52. The minimum absolute atomic E-state index is 0.626. The fourth-order valence-corrected chi connectivity index (χ4v) is 5.51. The van der Waals surface area contributed by atoms with Crippen LogP contribution in [0, 0.1) is 4.77 Å². The molecule has 0 unspecified atom stereocenters. The largest absolute Gasteiger partial charge is 0.284 e. The van der Waals surface area contributed by atoms with Crippen LogP contribution in [0.25, 0.3) is 27.2 Å². The average molecular weight is 375 g/mol. The molecule has 0 saturated heterocycles. The Morgan fingerprint density at radius 2 is 1.58 bits per heavy atom. The number of thiophene rings is 1. The van der Waals surface area contributed by atoms with Crippen molar-refractivity contribution < 1.29 is 0 Å². The van der Waals surface area contributed by atoms with Gasteiger partial charge in [-0.3, -0.25) is 4.57 Å². The highest BCUT2D eigenvalue weighted by Gasteiger charge is 2.22. The number of nitrogens with zero attached hydrogens (tertiary/aromatic N) is 2. The summed E-state index contributed by atoms with van der Waals surface area (Å²) in [6.07, 6.45) is 4.85. The van der Waals surface area contributed by atoms with Gasteiger partial charge in [0.05, 0.1) is 5.69 Å². The van der Waals surface area contributed by atoms with E-state index >= 15 is 0 Å². The average Bonchev–Trinajstić information content (AvgIpc) is 3.06. The summed E-state index contributed by atoms with van der Waals surface area (Å²) in [5.41, 5.74) is 4.94. The van der Waals surface area contributed by atoms with Crippen molar-refractivity contribution in [2.75, 3.05) is 0 Å². The van der Waals surface area contributed by atoms with Crippen molar-refractivity contribution in [2.24, 2.45) is 0 Å². The third-order valence-electron chi connectivity index (χ3n) is 5.06. The quantitative estimate of drug-likeness (QED) is 0.380. The zero-order valence-corrected chi connectivity index (χ0v) is 15.9. The Bertz CT molecular complexity index is 1140. The van der Waals surface area contributed by atoms with Crippen molar-refractivity contribution in [3.8, 4) is 16.9 Å². The molecule has 128 valence electrons. The first-order chi connectivity index (χ1) is 12.8. The van der Waals surface area contributed by atoms with E-state index in [2.05, 4.69) is 59.2 Å². The minimum Gasteiger partial charge on any atom is -0.284 e. The number of hydrogen-bond acceptors (Lipinski definition) is 3. The SMILES string of the molecule is S=c1nc2sc3c(c2c(-c2ccccc2)n1-c1ccccc1)CCCC3. The van der Waals surface area contributed by atoms with Crippen LogP contribution in [0.3, 0.4) is 0 Å². The predicted octanol–water partition coefficient (Wildman–Crippen LogP) is 6.36. The molecule has 5 rings (SSSR count). The molecule has 4 aromatic rings. The maximum atomic E-state index is 5.75. The molecule has 0 atom stereocenters. The number of rotatable bonds is 2. The number of benzene rings is 2. The van der Waals surface area contributed by atoms with Gasteiger partial charge in [-0.15, -0.1) is 11.3 Å². The second-order valence-electron chi connectivity index (χ2n) is 6.67. The topological polar surface area (TPSA) is 17.8 Å².